The Kier molecular flexibility index (Phi) is 6.11. The summed E-state index contributed by atoms with van der Waals surface area (Å²) < 4.78 is 0. The maximum absolute atomic E-state index is 12.9. The minimum absolute atomic E-state index is 0.166. The van der Waals surface area contributed by atoms with Gasteiger partial charge in [-0.15, -0.1) is 0 Å². The van der Waals surface area contributed by atoms with Crippen molar-refractivity contribution in [2.75, 3.05) is 31.5 Å². The van der Waals surface area contributed by atoms with Crippen LogP contribution in [0.25, 0.3) is 10.8 Å². The summed E-state index contributed by atoms with van der Waals surface area (Å²) in [5.41, 5.74) is 1.14. The second-order valence-electron chi connectivity index (χ2n) is 7.25. The minimum atomic E-state index is -0.167. The summed E-state index contributed by atoms with van der Waals surface area (Å²) in [5.74, 6) is -0.167. The maximum Gasteiger partial charge on any atom is 0.321 e. The molecule has 154 valence electrons. The Morgan fingerprint density at radius 3 is 2.37 bits per heavy atom. The summed E-state index contributed by atoms with van der Waals surface area (Å²) in [6.45, 7) is 2.02. The molecule has 4 rings (SSSR count). The molecule has 1 aliphatic heterocycles. The van der Waals surface area contributed by atoms with Crippen LogP contribution >= 0.6 is 23.2 Å². The van der Waals surface area contributed by atoms with Gasteiger partial charge in [0.15, 0.2) is 0 Å². The van der Waals surface area contributed by atoms with Gasteiger partial charge in [0.05, 0.1) is 10.6 Å². The van der Waals surface area contributed by atoms with E-state index in [-0.39, 0.29) is 11.9 Å². The summed E-state index contributed by atoms with van der Waals surface area (Å²) in [4.78, 5) is 29.1. The van der Waals surface area contributed by atoms with Crippen LogP contribution in [0.4, 0.5) is 10.5 Å². The number of benzene rings is 3. The number of nitrogens with one attached hydrogen (secondary N) is 1. The molecule has 0 bridgehead atoms. The molecule has 0 unspecified atom stereocenters. The smallest absolute Gasteiger partial charge is 0.321 e. The lowest BCUT2D eigenvalue weighted by Gasteiger charge is -2.23. The van der Waals surface area contributed by atoms with Crippen molar-refractivity contribution in [3.63, 3.8) is 0 Å². The molecule has 0 saturated carbocycles. The minimum Gasteiger partial charge on any atom is -0.337 e. The lowest BCUT2D eigenvalue weighted by atomic mass is 10.1. The van der Waals surface area contributed by atoms with Gasteiger partial charge in [-0.1, -0.05) is 53.5 Å². The van der Waals surface area contributed by atoms with E-state index in [1.807, 2.05) is 42.5 Å². The van der Waals surface area contributed by atoms with Crippen LogP contribution in [0.15, 0.2) is 60.7 Å². The van der Waals surface area contributed by atoms with E-state index in [1.165, 1.54) is 0 Å². The topological polar surface area (TPSA) is 52.7 Å². The predicted molar refractivity (Wildman–Crippen MR) is 122 cm³/mol. The van der Waals surface area contributed by atoms with E-state index >= 15 is 0 Å². The number of anilines is 1. The Balaban J connectivity index is 1.41. The number of fused-ring (bicyclic) bond motifs is 1. The van der Waals surface area contributed by atoms with E-state index in [0.29, 0.717) is 48.2 Å². The summed E-state index contributed by atoms with van der Waals surface area (Å²) in [6.07, 6.45) is 0.690. The Hall–Kier alpha value is -2.76. The van der Waals surface area contributed by atoms with Crippen molar-refractivity contribution in [2.24, 2.45) is 0 Å². The van der Waals surface area contributed by atoms with Gasteiger partial charge >= 0.3 is 6.03 Å². The Morgan fingerprint density at radius 2 is 1.53 bits per heavy atom. The van der Waals surface area contributed by atoms with Crippen molar-refractivity contribution < 1.29 is 9.59 Å². The molecule has 0 aromatic heterocycles. The third-order valence-electron chi connectivity index (χ3n) is 5.23. The number of hydrogen-bond acceptors (Lipinski definition) is 2. The molecule has 5 nitrogen and oxygen atoms in total. The van der Waals surface area contributed by atoms with Crippen molar-refractivity contribution in [1.29, 1.82) is 0 Å². The Bertz CT molecular complexity index is 1100. The van der Waals surface area contributed by atoms with E-state index in [9.17, 15) is 9.59 Å². The van der Waals surface area contributed by atoms with Crippen molar-refractivity contribution in [2.45, 2.75) is 6.42 Å². The normalized spacial score (nSPS) is 14.5. The highest BCUT2D eigenvalue weighted by Crippen LogP contribution is 2.23. The van der Waals surface area contributed by atoms with Gasteiger partial charge in [0.1, 0.15) is 0 Å². The van der Waals surface area contributed by atoms with E-state index in [4.69, 9.17) is 23.2 Å². The van der Waals surface area contributed by atoms with Crippen LogP contribution in [0.1, 0.15) is 16.8 Å². The van der Waals surface area contributed by atoms with Crippen LogP contribution < -0.4 is 5.32 Å². The number of amides is 3. The highest BCUT2D eigenvalue weighted by Gasteiger charge is 2.24. The van der Waals surface area contributed by atoms with Gasteiger partial charge < -0.3 is 15.1 Å². The highest BCUT2D eigenvalue weighted by atomic mass is 35.5. The Labute approximate surface area is 185 Å². The van der Waals surface area contributed by atoms with Crippen molar-refractivity contribution in [3.8, 4) is 0 Å². The number of carbonyl (C=O) groups is 2. The van der Waals surface area contributed by atoms with E-state index in [0.717, 1.165) is 16.5 Å². The quantitative estimate of drug-likeness (QED) is 0.568. The number of hydrogen-bond donors (Lipinski definition) is 1. The third kappa shape index (κ3) is 4.53. The molecule has 1 N–H and O–H groups in total. The number of urea groups is 1. The van der Waals surface area contributed by atoms with Gasteiger partial charge in [-0.3, -0.25) is 4.79 Å². The second kappa shape index (κ2) is 8.94. The number of nitrogens with zero attached hydrogens (tertiary/aromatic N) is 2. The zero-order valence-corrected chi connectivity index (χ0v) is 17.8. The molecule has 0 radical (unpaired) electrons. The lowest BCUT2D eigenvalue weighted by molar-refractivity contribution is 0.0763. The largest absolute Gasteiger partial charge is 0.337 e. The Morgan fingerprint density at radius 1 is 0.800 bits per heavy atom. The zero-order valence-electron chi connectivity index (χ0n) is 16.3. The van der Waals surface area contributed by atoms with E-state index < -0.39 is 0 Å². The zero-order chi connectivity index (χ0) is 21.1. The number of rotatable bonds is 2. The molecule has 3 aromatic rings. The molecule has 1 saturated heterocycles. The monoisotopic (exact) mass is 441 g/mol. The fourth-order valence-corrected chi connectivity index (χ4v) is 4.00. The molecule has 3 amide bonds. The van der Waals surface area contributed by atoms with Crippen LogP contribution in [0.3, 0.4) is 0 Å². The number of carbonyl (C=O) groups excluding carboxylic acids is 2. The highest BCUT2D eigenvalue weighted by molar-refractivity contribution is 6.35. The van der Waals surface area contributed by atoms with Crippen LogP contribution in [0.2, 0.25) is 10.0 Å². The molecule has 0 atom stereocenters. The summed E-state index contributed by atoms with van der Waals surface area (Å²) >= 11 is 12.2. The molecular formula is C23H21Cl2N3O2. The SMILES string of the molecule is O=C(Nc1ccc2ccccc2c1)N1CCCN(C(=O)c2cc(Cl)ccc2Cl)CC1. The molecule has 1 aliphatic rings. The molecule has 3 aromatic carbocycles. The van der Waals surface area contributed by atoms with Crippen molar-refractivity contribution in [3.05, 3.63) is 76.3 Å². The second-order valence-corrected chi connectivity index (χ2v) is 8.09. The molecule has 30 heavy (non-hydrogen) atoms. The number of halogens is 2. The summed E-state index contributed by atoms with van der Waals surface area (Å²) in [5, 5.41) is 6.00. The fourth-order valence-electron chi connectivity index (χ4n) is 3.62. The fraction of sp³-hybridized carbons (Fsp3) is 0.217. The van der Waals surface area contributed by atoms with Gasteiger partial charge in [-0.25, -0.2) is 4.79 Å². The average Bonchev–Trinajstić information content (AvgIpc) is 3.01. The molecular weight excluding hydrogens is 421 g/mol. The average molecular weight is 442 g/mol. The van der Waals surface area contributed by atoms with Crippen LogP contribution in [-0.4, -0.2) is 47.9 Å². The van der Waals surface area contributed by atoms with Crippen molar-refractivity contribution >= 4 is 51.6 Å². The molecule has 0 spiro atoms. The third-order valence-corrected chi connectivity index (χ3v) is 5.79. The molecule has 1 heterocycles. The van der Waals surface area contributed by atoms with Crippen LogP contribution in [-0.2, 0) is 0 Å². The first kappa shape index (κ1) is 20.5. The standard InChI is InChI=1S/C23H21Cl2N3O2/c24-18-7-9-21(25)20(15-18)22(29)27-10-3-11-28(13-12-27)23(30)26-19-8-6-16-4-1-2-5-17(16)14-19/h1-2,4-9,14-15H,3,10-13H2,(H,26,30). The van der Waals surface area contributed by atoms with Crippen LogP contribution in [0.5, 0.6) is 0 Å². The first-order valence-electron chi connectivity index (χ1n) is 9.80. The van der Waals surface area contributed by atoms with Crippen molar-refractivity contribution in [1.82, 2.24) is 9.80 Å². The van der Waals surface area contributed by atoms with E-state index in [1.54, 1.807) is 28.0 Å². The first-order chi connectivity index (χ1) is 14.5. The van der Waals surface area contributed by atoms with Gasteiger partial charge in [-0.05, 0) is 47.5 Å². The molecule has 1 fully saturated rings. The first-order valence-corrected chi connectivity index (χ1v) is 10.6. The van der Waals surface area contributed by atoms with Crippen LogP contribution in [0, 0.1) is 0 Å². The predicted octanol–water partition coefficient (Wildman–Crippen LogP) is 5.53. The van der Waals surface area contributed by atoms with Gasteiger partial charge in [-0.2, -0.15) is 0 Å². The van der Waals surface area contributed by atoms with Gasteiger partial charge in [0, 0.05) is 36.9 Å². The van der Waals surface area contributed by atoms with E-state index in [2.05, 4.69) is 5.32 Å². The lowest BCUT2D eigenvalue weighted by Crippen LogP contribution is -2.39. The molecule has 7 heteroatoms. The summed E-state index contributed by atoms with van der Waals surface area (Å²) in [7, 11) is 0. The molecule has 0 aliphatic carbocycles. The maximum atomic E-state index is 12.9. The van der Waals surface area contributed by atoms with Gasteiger partial charge in [0.25, 0.3) is 5.91 Å². The summed E-state index contributed by atoms with van der Waals surface area (Å²) in [6, 6.07) is 18.6. The van der Waals surface area contributed by atoms with Gasteiger partial charge in [0.2, 0.25) is 0 Å².